The standard InChI is InChI=1S/C84H155N15O34/c1-59(2)84(19-5-3-10-66(103)85-21-7-23-87-68(105)15-12-60-52-97(94-91-60)27-31-118-34-37-121-40-43-124-46-49-128-81-78(115)75(112)72(109)63(55-100)131-81,20-6-4-11-67(104)86-22-8-24-88-69(106)16-13-61-53-98(95-92-61)28-32-119-35-38-122-41-44-125-47-50-129-82-79(116)76(113)73(110)64(56-101)132-82)58-127-30-18-71(108)90-26-9-25-89-70(107)17-14-62-54-99(96-93-62)29-33-120-36-39-123-42-45-126-48-51-130-83-80(117)77(114)74(111)65(57-102)133-83/h52-54,59,63-65,72-83,91-96,100-102,109-117H,3-51,55-58H2,1-2H3,(H,85,103)(H,86,104)(H,87,105)(H,88,106)(H,89,107)(H,90,108)/t63?,64?,65?,72-,73-,74-,75?,76?,77?,78?,79?,80?,81+,82+,83+,84?/m1/s1. The van der Waals surface area contributed by atoms with Crippen LogP contribution < -0.4 is 64.8 Å². The van der Waals surface area contributed by atoms with Crippen molar-refractivity contribution in [2.45, 2.75) is 222 Å². The maximum Gasteiger partial charge on any atom is 0.222 e. The number of nitrogens with one attached hydrogen (secondary N) is 12. The normalized spacial score (nSPS) is 24.1. The zero-order valence-electron chi connectivity index (χ0n) is 77.1. The van der Waals surface area contributed by atoms with Crippen LogP contribution >= 0.6 is 0 Å². The van der Waals surface area contributed by atoms with Gasteiger partial charge in [-0.3, -0.25) is 43.8 Å². The fourth-order valence-electron chi connectivity index (χ4n) is 14.2. The van der Waals surface area contributed by atoms with E-state index in [1.807, 2.05) is 33.6 Å². The van der Waals surface area contributed by atoms with Crippen molar-refractivity contribution in [2.24, 2.45) is 11.3 Å². The minimum atomic E-state index is -1.52. The summed E-state index contributed by atoms with van der Waals surface area (Å²) in [7, 11) is 0. The molecule has 6 aliphatic heterocycles. The molecule has 6 rings (SSSR count). The van der Waals surface area contributed by atoms with Gasteiger partial charge in [0.2, 0.25) is 35.4 Å². The summed E-state index contributed by atoms with van der Waals surface area (Å²) >= 11 is 0. The summed E-state index contributed by atoms with van der Waals surface area (Å²) in [6.07, 6.45) is -5.86. The monoisotopic (exact) mass is 1920 g/mol. The van der Waals surface area contributed by atoms with Gasteiger partial charge in [-0.25, -0.2) is 0 Å². The molecule has 0 spiro atoms. The van der Waals surface area contributed by atoms with E-state index in [4.69, 9.17) is 75.8 Å². The van der Waals surface area contributed by atoms with Gasteiger partial charge in [-0.05, 0) is 75.5 Å². The molecular formula is C84H155N15O34. The summed E-state index contributed by atoms with van der Waals surface area (Å²) in [5, 5.41) is 141. The number of carbonyl (C=O) groups excluding carboxylic acids is 6. The Morgan fingerprint density at radius 1 is 0.323 bits per heavy atom. The Labute approximate surface area is 777 Å². The van der Waals surface area contributed by atoms with E-state index in [9.17, 15) is 90.0 Å². The van der Waals surface area contributed by atoms with Gasteiger partial charge in [-0.15, -0.1) is 16.6 Å². The molecule has 9 unspecified atom stereocenters. The zero-order valence-corrected chi connectivity index (χ0v) is 77.1. The lowest BCUT2D eigenvalue weighted by Crippen LogP contribution is -2.59. The molecule has 24 N–H and O–H groups in total. The van der Waals surface area contributed by atoms with E-state index >= 15 is 0 Å². The summed E-state index contributed by atoms with van der Waals surface area (Å²) in [5.41, 5.74) is 20.5. The third kappa shape index (κ3) is 47.7. The molecule has 0 saturated carbocycles. The van der Waals surface area contributed by atoms with E-state index in [-0.39, 0.29) is 139 Å². The van der Waals surface area contributed by atoms with E-state index in [1.54, 1.807) is 0 Å². The molecule has 6 amide bonds. The van der Waals surface area contributed by atoms with Crippen LogP contribution in [0.5, 0.6) is 0 Å². The summed E-state index contributed by atoms with van der Waals surface area (Å²) in [6.45, 7) is 12.7. The second kappa shape index (κ2) is 69.4. The quantitative estimate of drug-likeness (QED) is 0.0252. The average molecular weight is 1920 g/mol. The Hall–Kier alpha value is -6.40. The van der Waals surface area contributed by atoms with Crippen LogP contribution in [-0.2, 0) is 105 Å². The number of allylic oxidation sites excluding steroid dienone is 3. The van der Waals surface area contributed by atoms with Gasteiger partial charge in [0.1, 0.15) is 73.2 Å². The first-order valence-electron chi connectivity index (χ1n) is 46.6. The predicted octanol–water partition coefficient (Wildman–Crippen LogP) is -7.54. The number of ether oxygens (including phenoxy) is 16. The van der Waals surface area contributed by atoms with E-state index in [0.717, 1.165) is 42.8 Å². The van der Waals surface area contributed by atoms with Crippen LogP contribution in [0.3, 0.4) is 0 Å². The van der Waals surface area contributed by atoms with Crippen LogP contribution in [0.1, 0.15) is 129 Å². The fraction of sp³-hybridized carbons (Fsp3) is 0.857. The Balaban J connectivity index is 0.786. The van der Waals surface area contributed by atoms with Gasteiger partial charge in [0.05, 0.1) is 191 Å². The number of carbonyl (C=O) groups is 6. The Morgan fingerprint density at radius 2 is 0.579 bits per heavy atom. The maximum absolute atomic E-state index is 13.1. The lowest BCUT2D eigenvalue weighted by atomic mass is 9.70. The molecule has 6 heterocycles. The Bertz CT molecular complexity index is 2930. The van der Waals surface area contributed by atoms with Crippen molar-refractivity contribution in [3.8, 4) is 0 Å². The largest absolute Gasteiger partial charge is 0.394 e. The van der Waals surface area contributed by atoms with Gasteiger partial charge in [0, 0.05) is 113 Å². The third-order valence-corrected chi connectivity index (χ3v) is 22.4. The van der Waals surface area contributed by atoms with Gasteiger partial charge in [-0.2, -0.15) is 0 Å². The third-order valence-electron chi connectivity index (χ3n) is 22.4. The predicted molar refractivity (Wildman–Crippen MR) is 469 cm³/mol. The van der Waals surface area contributed by atoms with Crippen molar-refractivity contribution in [3.63, 3.8) is 0 Å². The van der Waals surface area contributed by atoms with E-state index in [1.165, 1.54) is 0 Å². The molecule has 770 valence electrons. The lowest BCUT2D eigenvalue weighted by molar-refractivity contribution is -0.302. The Morgan fingerprint density at radius 3 is 0.850 bits per heavy atom. The summed E-state index contributed by atoms with van der Waals surface area (Å²) in [6, 6.07) is 0. The molecule has 0 bridgehead atoms. The molecule has 3 saturated heterocycles. The highest BCUT2D eigenvalue weighted by molar-refractivity contribution is 5.78. The SMILES string of the molecule is CC(C)C(CCCCC(=O)NCCCNC(=O)CCC1=CN(CCOCCOCCOCCO[C@H]2OC(CO)[C@@H](O)C(O)C2O)NN1)(CCCCC(=O)NCCCNC(=O)CCC1=CN(CCOCCOCCOCCO[C@H]2OC(CO)[C@@H](O)C(O)C2O)NN1)COCCC(=O)NCCCNC(=O)CCC1=CN(CCOCCOCCOCCO[C@H]2OC(CO)[C@@H](O)C(O)C2O)NN1. The van der Waals surface area contributed by atoms with Gasteiger partial charge in [0.25, 0.3) is 0 Å². The molecule has 0 aromatic rings. The van der Waals surface area contributed by atoms with Crippen molar-refractivity contribution < 1.29 is 166 Å². The van der Waals surface area contributed by atoms with E-state index in [0.29, 0.717) is 209 Å². The number of rotatable bonds is 79. The van der Waals surface area contributed by atoms with Crippen LogP contribution in [0, 0.1) is 11.3 Å². The minimum absolute atomic E-state index is 0.0362. The number of hydrazine groups is 6. The van der Waals surface area contributed by atoms with E-state index in [2.05, 4.69) is 78.6 Å². The van der Waals surface area contributed by atoms with Crippen molar-refractivity contribution >= 4 is 35.4 Å². The van der Waals surface area contributed by atoms with Gasteiger partial charge in [0.15, 0.2) is 18.9 Å². The number of hydrogen-bond acceptors (Lipinski definition) is 43. The summed E-state index contributed by atoms with van der Waals surface area (Å²) in [5.74, 6) is -0.585. The fourth-order valence-corrected chi connectivity index (χ4v) is 14.2. The number of aliphatic hydroxyl groups excluding tert-OH is 12. The van der Waals surface area contributed by atoms with Gasteiger partial charge < -0.3 is 185 Å². The first-order chi connectivity index (χ1) is 64.4. The second-order valence-corrected chi connectivity index (χ2v) is 32.9. The molecule has 0 radical (unpaired) electrons. The molecule has 3 fully saturated rings. The van der Waals surface area contributed by atoms with Crippen molar-refractivity contribution in [3.05, 3.63) is 35.7 Å². The van der Waals surface area contributed by atoms with Crippen LogP contribution in [0.25, 0.3) is 0 Å². The second-order valence-electron chi connectivity index (χ2n) is 32.9. The molecule has 15 atom stereocenters. The number of aliphatic hydroxyl groups is 12. The minimum Gasteiger partial charge on any atom is -0.394 e. The van der Waals surface area contributed by atoms with Crippen LogP contribution in [0.2, 0.25) is 0 Å². The molecule has 49 nitrogen and oxygen atoms in total. The highest BCUT2D eigenvalue weighted by atomic mass is 16.7. The van der Waals surface area contributed by atoms with Gasteiger partial charge in [-0.1, -0.05) is 26.7 Å². The summed E-state index contributed by atoms with van der Waals surface area (Å²) < 4.78 is 88.4. The summed E-state index contributed by atoms with van der Waals surface area (Å²) in [4.78, 5) is 77.4. The van der Waals surface area contributed by atoms with Crippen molar-refractivity contribution in [1.29, 1.82) is 0 Å². The number of unbranched alkanes of at least 4 members (excludes halogenated alkanes) is 2. The lowest BCUT2D eigenvalue weighted by Gasteiger charge is -2.39. The molecule has 133 heavy (non-hydrogen) atoms. The Kier molecular flexibility index (Phi) is 60.2. The topological polar surface area (TPSA) is 647 Å². The number of amides is 6. The van der Waals surface area contributed by atoms with Crippen molar-refractivity contribution in [1.82, 2.24) is 79.8 Å². The van der Waals surface area contributed by atoms with Crippen LogP contribution in [-0.4, -0.2) is 435 Å². The zero-order chi connectivity index (χ0) is 96.1. The molecule has 0 aliphatic carbocycles. The first-order valence-corrected chi connectivity index (χ1v) is 46.6. The number of nitrogens with zero attached hydrogens (tertiary/aromatic N) is 3. The van der Waals surface area contributed by atoms with Crippen LogP contribution in [0.15, 0.2) is 35.7 Å². The highest BCUT2D eigenvalue weighted by Gasteiger charge is 2.47. The van der Waals surface area contributed by atoms with E-state index < -0.39 is 112 Å². The average Bonchev–Trinajstić information content (AvgIpc) is 1.22. The first kappa shape index (κ1) is 115. The number of hydrogen-bond donors (Lipinski definition) is 24. The molecule has 0 aromatic heterocycles. The molecule has 0 aromatic carbocycles. The highest BCUT2D eigenvalue weighted by Crippen LogP contribution is 2.40. The van der Waals surface area contributed by atoms with Crippen molar-refractivity contribution in [2.75, 3.05) is 231 Å². The van der Waals surface area contributed by atoms with Gasteiger partial charge >= 0.3 is 0 Å². The molecular weight excluding hydrogens is 1760 g/mol. The van der Waals surface area contributed by atoms with Crippen LogP contribution in [0.4, 0.5) is 0 Å². The maximum atomic E-state index is 13.1. The molecule has 49 heteroatoms. The smallest absolute Gasteiger partial charge is 0.222 e. The molecule has 6 aliphatic rings.